The van der Waals surface area contributed by atoms with E-state index in [2.05, 4.69) is 0 Å². The molecule has 4 rings (SSSR count). The van der Waals surface area contributed by atoms with Crippen molar-refractivity contribution in [2.24, 2.45) is 0 Å². The van der Waals surface area contributed by atoms with E-state index < -0.39 is 15.6 Å². The summed E-state index contributed by atoms with van der Waals surface area (Å²) in [7, 11) is -9.33. The fourth-order valence-corrected chi connectivity index (χ4v) is 5.35. The normalized spacial score (nSPS) is 11.6. The van der Waals surface area contributed by atoms with E-state index in [9.17, 15) is 18.9 Å². The Bertz CT molecular complexity index is 1440. The first-order valence-electron chi connectivity index (χ1n) is 11.3. The molecular formula is C27H26O8P2. The predicted octanol–water partition coefficient (Wildman–Crippen LogP) is 7.40. The van der Waals surface area contributed by atoms with Gasteiger partial charge in [-0.15, -0.1) is 0 Å². The van der Waals surface area contributed by atoms with Gasteiger partial charge in [0.2, 0.25) is 0 Å². The molecule has 0 unspecified atom stereocenters. The van der Waals surface area contributed by atoms with Crippen LogP contribution in [0.15, 0.2) is 91.0 Å². The largest absolute Gasteiger partial charge is 0.647 e. The van der Waals surface area contributed by atoms with Crippen LogP contribution in [0.4, 0.5) is 0 Å². The number of hydrogen-bond acceptors (Lipinski definition) is 6. The molecular weight excluding hydrogens is 514 g/mol. The van der Waals surface area contributed by atoms with E-state index in [4.69, 9.17) is 18.1 Å². The molecule has 192 valence electrons. The molecule has 0 atom stereocenters. The average Bonchev–Trinajstić information content (AvgIpc) is 2.84. The van der Waals surface area contributed by atoms with Gasteiger partial charge in [0, 0.05) is 0 Å². The molecule has 37 heavy (non-hydrogen) atoms. The Balaban J connectivity index is 1.87. The van der Waals surface area contributed by atoms with E-state index in [1.807, 2.05) is 26.8 Å². The lowest BCUT2D eigenvalue weighted by atomic mass is 9.93. The third-order valence-electron chi connectivity index (χ3n) is 5.66. The second-order valence-corrected chi connectivity index (χ2v) is 10.8. The Labute approximate surface area is 215 Å². The monoisotopic (exact) mass is 540 g/mol. The quantitative estimate of drug-likeness (QED) is 0.211. The van der Waals surface area contributed by atoms with E-state index in [0.29, 0.717) is 5.56 Å². The van der Waals surface area contributed by atoms with Crippen molar-refractivity contribution in [1.29, 1.82) is 0 Å². The minimum atomic E-state index is -4.94. The fourth-order valence-electron chi connectivity index (χ4n) is 3.68. The molecule has 0 aliphatic rings. The molecule has 0 fully saturated rings. The SMILES string of the molecule is Cc1ccc(-c2c(OP(=O)(O)O)cccc2OP(=O)(Oc2ccccc2)Oc2ccccc2)c(C)c1C. The molecule has 0 amide bonds. The third-order valence-corrected chi connectivity index (χ3v) is 7.39. The summed E-state index contributed by atoms with van der Waals surface area (Å²) in [6.45, 7) is 5.76. The smallest absolute Gasteiger partial charge is 0.403 e. The van der Waals surface area contributed by atoms with Crippen molar-refractivity contribution in [3.8, 4) is 34.1 Å². The van der Waals surface area contributed by atoms with E-state index in [1.54, 1.807) is 66.7 Å². The topological polar surface area (TPSA) is 112 Å². The molecule has 0 saturated carbocycles. The first-order chi connectivity index (χ1) is 17.5. The number of hydrogen-bond donors (Lipinski definition) is 2. The second-order valence-electron chi connectivity index (χ2n) is 8.24. The van der Waals surface area contributed by atoms with Crippen molar-refractivity contribution in [3.05, 3.63) is 108 Å². The highest BCUT2D eigenvalue weighted by molar-refractivity contribution is 7.49. The molecule has 10 heteroatoms. The van der Waals surface area contributed by atoms with Gasteiger partial charge in [0.05, 0.1) is 5.56 Å². The highest BCUT2D eigenvalue weighted by Crippen LogP contribution is 2.54. The van der Waals surface area contributed by atoms with Gasteiger partial charge in [0.15, 0.2) is 0 Å². The molecule has 0 bridgehead atoms. The Morgan fingerprint density at radius 2 is 1.08 bits per heavy atom. The summed E-state index contributed by atoms with van der Waals surface area (Å²) in [5.74, 6) is 0.331. The summed E-state index contributed by atoms with van der Waals surface area (Å²) in [6.07, 6.45) is 0. The van der Waals surface area contributed by atoms with E-state index in [-0.39, 0.29) is 28.6 Å². The van der Waals surface area contributed by atoms with Gasteiger partial charge in [-0.1, -0.05) is 54.6 Å². The minimum absolute atomic E-state index is 0.00695. The van der Waals surface area contributed by atoms with Crippen LogP contribution in [-0.2, 0) is 9.13 Å². The molecule has 4 aromatic carbocycles. The summed E-state index contributed by atoms with van der Waals surface area (Å²) in [5.41, 5.74) is 3.60. The maximum absolute atomic E-state index is 14.0. The van der Waals surface area contributed by atoms with Gasteiger partial charge in [0.1, 0.15) is 23.0 Å². The van der Waals surface area contributed by atoms with Gasteiger partial charge in [-0.2, -0.15) is 4.57 Å². The zero-order valence-electron chi connectivity index (χ0n) is 20.4. The molecule has 0 aliphatic heterocycles. The van der Waals surface area contributed by atoms with Crippen LogP contribution in [-0.4, -0.2) is 9.79 Å². The minimum Gasteiger partial charge on any atom is -0.403 e. The molecule has 4 aromatic rings. The van der Waals surface area contributed by atoms with Gasteiger partial charge >= 0.3 is 15.6 Å². The Kier molecular flexibility index (Phi) is 7.76. The first-order valence-corrected chi connectivity index (χ1v) is 14.3. The Hall–Kier alpha value is -3.54. The molecule has 0 aliphatic carbocycles. The maximum Gasteiger partial charge on any atom is 0.647 e. The van der Waals surface area contributed by atoms with Crippen LogP contribution in [0.25, 0.3) is 11.1 Å². The lowest BCUT2D eigenvalue weighted by Crippen LogP contribution is -2.09. The van der Waals surface area contributed by atoms with Crippen molar-refractivity contribution in [3.63, 3.8) is 0 Å². The maximum atomic E-state index is 14.0. The van der Waals surface area contributed by atoms with Gasteiger partial charge < -0.3 is 18.1 Å². The third kappa shape index (κ3) is 6.62. The highest BCUT2D eigenvalue weighted by atomic mass is 31.2. The Morgan fingerprint density at radius 3 is 1.59 bits per heavy atom. The standard InChI is InChI=1S/C27H26O8P2/c1-19-17-18-24(21(3)20(19)2)27-25(34-36(28,29)30)15-10-16-26(27)35-37(31,32-22-11-6-4-7-12-22)33-23-13-8-5-9-14-23/h4-18H,1-3H3,(H2,28,29,30). The zero-order valence-corrected chi connectivity index (χ0v) is 22.2. The van der Waals surface area contributed by atoms with Crippen LogP contribution in [0.2, 0.25) is 0 Å². The highest BCUT2D eigenvalue weighted by Gasteiger charge is 2.35. The van der Waals surface area contributed by atoms with Crippen LogP contribution in [0, 0.1) is 20.8 Å². The first kappa shape index (κ1) is 26.5. The van der Waals surface area contributed by atoms with Gasteiger partial charge in [-0.25, -0.2) is 4.57 Å². The van der Waals surface area contributed by atoms with Crippen molar-refractivity contribution in [2.75, 3.05) is 0 Å². The van der Waals surface area contributed by atoms with Crippen LogP contribution in [0.1, 0.15) is 16.7 Å². The Morgan fingerprint density at radius 1 is 0.568 bits per heavy atom. The number of para-hydroxylation sites is 2. The fraction of sp³-hybridized carbons (Fsp3) is 0.111. The lowest BCUT2D eigenvalue weighted by molar-refractivity contribution is 0.283. The predicted molar refractivity (Wildman–Crippen MR) is 141 cm³/mol. The van der Waals surface area contributed by atoms with E-state index in [0.717, 1.165) is 16.7 Å². The van der Waals surface area contributed by atoms with Gasteiger partial charge in [-0.3, -0.25) is 9.79 Å². The van der Waals surface area contributed by atoms with Crippen LogP contribution >= 0.6 is 15.6 Å². The summed E-state index contributed by atoms with van der Waals surface area (Å²) in [6, 6.07) is 24.8. The van der Waals surface area contributed by atoms with Crippen molar-refractivity contribution in [1.82, 2.24) is 0 Å². The van der Waals surface area contributed by atoms with Crippen molar-refractivity contribution < 1.29 is 37.0 Å². The second kappa shape index (κ2) is 10.8. The molecule has 0 saturated heterocycles. The average molecular weight is 540 g/mol. The summed E-state index contributed by atoms with van der Waals surface area (Å²) in [4.78, 5) is 19.1. The van der Waals surface area contributed by atoms with Gasteiger partial charge in [-0.05, 0) is 79.4 Å². The van der Waals surface area contributed by atoms with Crippen LogP contribution in [0.5, 0.6) is 23.0 Å². The van der Waals surface area contributed by atoms with Crippen molar-refractivity contribution in [2.45, 2.75) is 20.8 Å². The number of phosphoric acid groups is 2. The lowest BCUT2D eigenvalue weighted by Gasteiger charge is -2.23. The molecule has 8 nitrogen and oxygen atoms in total. The summed E-state index contributed by atoms with van der Waals surface area (Å²) < 4.78 is 48.3. The summed E-state index contributed by atoms with van der Waals surface area (Å²) in [5, 5.41) is 0. The number of aryl methyl sites for hydroxylation is 1. The van der Waals surface area contributed by atoms with Crippen molar-refractivity contribution >= 4 is 15.6 Å². The molecule has 0 radical (unpaired) electrons. The number of phosphoric ester groups is 2. The molecule has 2 N–H and O–H groups in total. The molecule has 0 aromatic heterocycles. The number of benzene rings is 4. The molecule has 0 spiro atoms. The summed E-state index contributed by atoms with van der Waals surface area (Å²) >= 11 is 0. The molecule has 0 heterocycles. The number of rotatable bonds is 9. The van der Waals surface area contributed by atoms with Crippen LogP contribution < -0.4 is 18.1 Å². The van der Waals surface area contributed by atoms with E-state index >= 15 is 0 Å². The van der Waals surface area contributed by atoms with Gasteiger partial charge in [0.25, 0.3) is 0 Å². The van der Waals surface area contributed by atoms with Crippen LogP contribution in [0.3, 0.4) is 0 Å². The zero-order chi connectivity index (χ0) is 26.6. The van der Waals surface area contributed by atoms with E-state index in [1.165, 1.54) is 18.2 Å².